The first-order chi connectivity index (χ1) is 5.65. The molecule has 5 nitrogen and oxygen atoms in total. The zero-order valence-electron chi connectivity index (χ0n) is 6.06. The molecular weight excluding hydrogens is 162 g/mol. The van der Waals surface area contributed by atoms with Crippen LogP contribution in [0.4, 0.5) is 5.69 Å². The van der Waals surface area contributed by atoms with E-state index >= 15 is 0 Å². The van der Waals surface area contributed by atoms with Crippen molar-refractivity contribution in [3.8, 4) is 5.75 Å². The molecule has 1 rings (SSSR count). The predicted molar refractivity (Wildman–Crippen MR) is 39.2 cm³/mol. The first-order valence-electron chi connectivity index (χ1n) is 3.20. The van der Waals surface area contributed by atoms with Crippen LogP contribution in [0.5, 0.6) is 5.75 Å². The third-order valence-corrected chi connectivity index (χ3v) is 1.42. The van der Waals surface area contributed by atoms with E-state index in [1.165, 1.54) is 0 Å². The smallest absolute Gasteiger partial charge is 0.275 e. The number of aliphatic hydroxyl groups is 1. The van der Waals surface area contributed by atoms with Crippen LogP contribution in [0.15, 0.2) is 18.2 Å². The molecule has 0 saturated heterocycles. The molecule has 5 heteroatoms. The molecule has 0 atom stereocenters. The van der Waals surface area contributed by atoms with Gasteiger partial charge in [-0.05, 0) is 12.1 Å². The molecule has 12 heavy (non-hydrogen) atoms. The SMILES string of the molecule is [O]c1ccc([N+](=O)[O-])c(CO)c1. The minimum absolute atomic E-state index is 0.0486. The van der Waals surface area contributed by atoms with Crippen molar-refractivity contribution >= 4 is 5.69 Å². The van der Waals surface area contributed by atoms with E-state index in [1.54, 1.807) is 0 Å². The standard InChI is InChI=1S/C7H6NO4/c9-4-5-3-6(10)1-2-7(5)8(11)12/h1-3,9H,4H2. The summed E-state index contributed by atoms with van der Waals surface area (Å²) in [6.45, 7) is -0.494. The van der Waals surface area contributed by atoms with Gasteiger partial charge in [-0.3, -0.25) is 15.2 Å². The van der Waals surface area contributed by atoms with E-state index in [9.17, 15) is 15.2 Å². The molecule has 0 amide bonds. The topological polar surface area (TPSA) is 83.3 Å². The van der Waals surface area contributed by atoms with E-state index in [-0.39, 0.29) is 17.0 Å². The van der Waals surface area contributed by atoms with Crippen LogP contribution < -0.4 is 0 Å². The molecule has 0 aliphatic rings. The molecule has 0 saturated carbocycles. The zero-order valence-corrected chi connectivity index (χ0v) is 6.06. The summed E-state index contributed by atoms with van der Waals surface area (Å²) in [6, 6.07) is 3.24. The van der Waals surface area contributed by atoms with Gasteiger partial charge in [0, 0.05) is 6.07 Å². The quantitative estimate of drug-likeness (QED) is 0.532. The van der Waals surface area contributed by atoms with Gasteiger partial charge >= 0.3 is 0 Å². The van der Waals surface area contributed by atoms with Gasteiger partial charge in [0.15, 0.2) is 5.75 Å². The van der Waals surface area contributed by atoms with E-state index in [0.717, 1.165) is 18.2 Å². The normalized spacial score (nSPS) is 9.75. The van der Waals surface area contributed by atoms with Crippen molar-refractivity contribution in [3.05, 3.63) is 33.9 Å². The van der Waals surface area contributed by atoms with Crippen LogP contribution >= 0.6 is 0 Å². The minimum atomic E-state index is -0.634. The molecule has 0 aliphatic carbocycles. The summed E-state index contributed by atoms with van der Waals surface area (Å²) in [4.78, 5) is 9.65. The molecule has 0 fully saturated rings. The third-order valence-electron chi connectivity index (χ3n) is 1.42. The number of hydrogen-bond acceptors (Lipinski definition) is 3. The molecule has 1 aromatic carbocycles. The van der Waals surface area contributed by atoms with Crippen molar-refractivity contribution in [2.24, 2.45) is 0 Å². The van der Waals surface area contributed by atoms with Gasteiger partial charge in [-0.1, -0.05) is 0 Å². The maximum atomic E-state index is 10.7. The molecule has 1 N–H and O–H groups in total. The van der Waals surface area contributed by atoms with E-state index in [1.807, 2.05) is 0 Å². The average Bonchev–Trinajstić information content (AvgIpc) is 2.03. The second kappa shape index (κ2) is 3.19. The van der Waals surface area contributed by atoms with Gasteiger partial charge in [-0.15, -0.1) is 0 Å². The van der Waals surface area contributed by atoms with Crippen LogP contribution in [0.25, 0.3) is 0 Å². The van der Waals surface area contributed by atoms with Crippen molar-refractivity contribution in [1.82, 2.24) is 0 Å². The highest BCUT2D eigenvalue weighted by atomic mass is 16.6. The highest BCUT2D eigenvalue weighted by Crippen LogP contribution is 2.23. The Morgan fingerprint density at radius 2 is 2.17 bits per heavy atom. The molecule has 1 aromatic rings. The highest BCUT2D eigenvalue weighted by Gasteiger charge is 2.12. The van der Waals surface area contributed by atoms with Crippen molar-refractivity contribution < 1.29 is 15.1 Å². The molecule has 0 heterocycles. The fourth-order valence-electron chi connectivity index (χ4n) is 0.867. The number of nitro benzene ring substituents is 1. The predicted octanol–water partition coefficient (Wildman–Crippen LogP) is 1.23. The molecule has 0 aliphatic heterocycles. The first kappa shape index (κ1) is 8.48. The maximum absolute atomic E-state index is 10.7. The van der Waals surface area contributed by atoms with Crippen LogP contribution in [-0.4, -0.2) is 10.0 Å². The number of benzene rings is 1. The summed E-state index contributed by atoms with van der Waals surface area (Å²) in [6.07, 6.45) is 0. The molecular formula is C7H6NO4. The molecule has 0 aromatic heterocycles. The van der Waals surface area contributed by atoms with Crippen LogP contribution in [0.1, 0.15) is 5.56 Å². The van der Waals surface area contributed by atoms with Gasteiger partial charge in [0.1, 0.15) is 0 Å². The van der Waals surface area contributed by atoms with Gasteiger partial charge in [-0.2, -0.15) is 0 Å². The average molecular weight is 168 g/mol. The fraction of sp³-hybridized carbons (Fsp3) is 0.143. The Morgan fingerprint density at radius 1 is 1.50 bits per heavy atom. The van der Waals surface area contributed by atoms with Gasteiger partial charge in [-0.25, -0.2) is 0 Å². The molecule has 0 unspecified atom stereocenters. The fourth-order valence-corrected chi connectivity index (χ4v) is 0.867. The lowest BCUT2D eigenvalue weighted by molar-refractivity contribution is -0.385. The Morgan fingerprint density at radius 3 is 2.67 bits per heavy atom. The van der Waals surface area contributed by atoms with E-state index in [4.69, 9.17) is 5.11 Å². The lowest BCUT2D eigenvalue weighted by Gasteiger charge is -1.97. The van der Waals surface area contributed by atoms with Crippen molar-refractivity contribution in [2.75, 3.05) is 0 Å². The number of nitro groups is 1. The summed E-state index contributed by atoms with van der Waals surface area (Å²) < 4.78 is 0. The Balaban J connectivity index is 3.20. The van der Waals surface area contributed by atoms with Crippen LogP contribution in [0, 0.1) is 10.1 Å². The Bertz CT molecular complexity index is 310. The molecule has 0 bridgehead atoms. The monoisotopic (exact) mass is 168 g/mol. The van der Waals surface area contributed by atoms with Crippen LogP contribution in [0.3, 0.4) is 0 Å². The Labute approximate surface area is 68.0 Å². The summed E-state index contributed by atoms with van der Waals surface area (Å²) in [5.41, 5.74) is -0.176. The van der Waals surface area contributed by atoms with Gasteiger partial charge < -0.3 is 5.11 Å². The number of hydrogen-bond donors (Lipinski definition) is 1. The Kier molecular flexibility index (Phi) is 2.25. The largest absolute Gasteiger partial charge is 0.391 e. The second-order valence-electron chi connectivity index (χ2n) is 2.21. The van der Waals surface area contributed by atoms with E-state index in [2.05, 4.69) is 0 Å². The highest BCUT2D eigenvalue weighted by molar-refractivity contribution is 5.44. The third kappa shape index (κ3) is 1.51. The number of nitrogens with zero attached hydrogens (tertiary/aromatic N) is 1. The zero-order chi connectivity index (χ0) is 9.14. The molecule has 1 radical (unpaired) electrons. The first-order valence-corrected chi connectivity index (χ1v) is 3.20. The molecule has 0 spiro atoms. The number of rotatable bonds is 2. The number of aliphatic hydroxyl groups excluding tert-OH is 1. The molecule has 63 valence electrons. The summed E-state index contributed by atoms with van der Waals surface area (Å²) >= 11 is 0. The van der Waals surface area contributed by atoms with Gasteiger partial charge in [0.05, 0.1) is 17.1 Å². The summed E-state index contributed by atoms with van der Waals surface area (Å²) in [7, 11) is 0. The summed E-state index contributed by atoms with van der Waals surface area (Å²) in [5.74, 6) is -0.343. The van der Waals surface area contributed by atoms with Crippen LogP contribution in [0.2, 0.25) is 0 Å². The maximum Gasteiger partial charge on any atom is 0.275 e. The van der Waals surface area contributed by atoms with Crippen molar-refractivity contribution in [1.29, 1.82) is 0 Å². The minimum Gasteiger partial charge on any atom is -0.391 e. The van der Waals surface area contributed by atoms with Crippen molar-refractivity contribution in [2.45, 2.75) is 6.61 Å². The van der Waals surface area contributed by atoms with Crippen LogP contribution in [-0.2, 0) is 11.7 Å². The van der Waals surface area contributed by atoms with E-state index in [0.29, 0.717) is 0 Å². The van der Waals surface area contributed by atoms with Crippen molar-refractivity contribution in [3.63, 3.8) is 0 Å². The summed E-state index contributed by atoms with van der Waals surface area (Å²) in [5, 5.41) is 29.6. The van der Waals surface area contributed by atoms with E-state index < -0.39 is 11.5 Å². The lowest BCUT2D eigenvalue weighted by atomic mass is 10.2. The Hall–Kier alpha value is -1.62. The second-order valence-corrected chi connectivity index (χ2v) is 2.21. The van der Waals surface area contributed by atoms with Gasteiger partial charge in [0.2, 0.25) is 0 Å². The van der Waals surface area contributed by atoms with Gasteiger partial charge in [0.25, 0.3) is 5.69 Å². The lowest BCUT2D eigenvalue weighted by Crippen LogP contribution is -1.94.